The molecule has 0 radical (unpaired) electrons. The van der Waals surface area contributed by atoms with Crippen molar-refractivity contribution in [1.82, 2.24) is 9.78 Å². The Kier molecular flexibility index (Phi) is 5.54. The lowest BCUT2D eigenvalue weighted by Crippen LogP contribution is -2.14. The standard InChI is InChI=1S/C9H12Cl2N2O4/c1-13-5-6(7(12-13)8(10)11)17-9(14)16-4-3-15-2/h5,8H,3-4H2,1-2H3. The molecule has 0 unspecified atom stereocenters. The summed E-state index contributed by atoms with van der Waals surface area (Å²) in [5.74, 6) is 0.171. The predicted molar refractivity (Wildman–Crippen MR) is 61.5 cm³/mol. The lowest BCUT2D eigenvalue weighted by Gasteiger charge is -2.05. The van der Waals surface area contributed by atoms with Crippen molar-refractivity contribution >= 4 is 29.4 Å². The Balaban J connectivity index is 2.58. The van der Waals surface area contributed by atoms with E-state index in [2.05, 4.69) is 5.10 Å². The largest absolute Gasteiger partial charge is 0.514 e. The molecule has 1 aromatic rings. The SMILES string of the molecule is COCCOC(=O)Oc1cn(C)nc1C(Cl)Cl. The van der Waals surface area contributed by atoms with E-state index in [1.807, 2.05) is 0 Å². The number of hydrogen-bond acceptors (Lipinski definition) is 5. The van der Waals surface area contributed by atoms with Crippen molar-refractivity contribution in [1.29, 1.82) is 0 Å². The predicted octanol–water partition coefficient (Wildman–Crippen LogP) is 2.06. The summed E-state index contributed by atoms with van der Waals surface area (Å²) in [6.45, 7) is 0.402. The second-order valence-electron chi connectivity index (χ2n) is 3.05. The molecule has 0 aliphatic heterocycles. The smallest absolute Gasteiger partial charge is 0.432 e. The van der Waals surface area contributed by atoms with Crippen LogP contribution in [-0.2, 0) is 16.5 Å². The van der Waals surface area contributed by atoms with E-state index in [0.717, 1.165) is 0 Å². The first-order chi connectivity index (χ1) is 8.04. The minimum Gasteiger partial charge on any atom is -0.432 e. The van der Waals surface area contributed by atoms with Crippen molar-refractivity contribution in [3.05, 3.63) is 11.9 Å². The van der Waals surface area contributed by atoms with Crippen molar-refractivity contribution in [3.63, 3.8) is 0 Å². The second kappa shape index (κ2) is 6.68. The van der Waals surface area contributed by atoms with Crippen LogP contribution in [0.5, 0.6) is 5.75 Å². The number of halogens is 2. The van der Waals surface area contributed by atoms with Gasteiger partial charge in [0.1, 0.15) is 12.3 Å². The topological polar surface area (TPSA) is 62.6 Å². The molecule has 1 rings (SSSR count). The number of aromatic nitrogens is 2. The van der Waals surface area contributed by atoms with Crippen LogP contribution in [0.3, 0.4) is 0 Å². The Labute approximate surface area is 108 Å². The molecule has 0 atom stereocenters. The van der Waals surface area contributed by atoms with E-state index < -0.39 is 11.0 Å². The fourth-order valence-electron chi connectivity index (χ4n) is 1.04. The molecule has 0 spiro atoms. The quantitative estimate of drug-likeness (QED) is 0.470. The highest BCUT2D eigenvalue weighted by Crippen LogP contribution is 2.31. The fraction of sp³-hybridized carbons (Fsp3) is 0.556. The number of rotatable bonds is 5. The number of nitrogens with zero attached hydrogens (tertiary/aromatic N) is 2. The van der Waals surface area contributed by atoms with Gasteiger partial charge in [-0.1, -0.05) is 23.2 Å². The molecule has 0 fully saturated rings. The maximum Gasteiger partial charge on any atom is 0.514 e. The highest BCUT2D eigenvalue weighted by Gasteiger charge is 2.19. The van der Waals surface area contributed by atoms with Gasteiger partial charge in [-0.05, 0) is 0 Å². The maximum absolute atomic E-state index is 11.2. The molecule has 6 nitrogen and oxygen atoms in total. The average molecular weight is 283 g/mol. The van der Waals surface area contributed by atoms with Crippen LogP contribution < -0.4 is 4.74 Å². The third kappa shape index (κ3) is 4.41. The van der Waals surface area contributed by atoms with Gasteiger partial charge in [0, 0.05) is 14.2 Å². The minimum absolute atomic E-state index is 0.107. The number of carbonyl (C=O) groups is 1. The molecule has 0 amide bonds. The van der Waals surface area contributed by atoms with E-state index in [1.54, 1.807) is 7.05 Å². The van der Waals surface area contributed by atoms with Gasteiger partial charge in [0.15, 0.2) is 10.6 Å². The first-order valence-electron chi connectivity index (χ1n) is 4.69. The Bertz CT molecular complexity index is 381. The van der Waals surface area contributed by atoms with Gasteiger partial charge >= 0.3 is 6.16 Å². The molecule has 0 saturated carbocycles. The summed E-state index contributed by atoms with van der Waals surface area (Å²) < 4.78 is 15.8. The van der Waals surface area contributed by atoms with Gasteiger partial charge in [-0.2, -0.15) is 5.10 Å². The van der Waals surface area contributed by atoms with Crippen molar-refractivity contribution in [2.75, 3.05) is 20.3 Å². The molecule has 0 aliphatic rings. The van der Waals surface area contributed by atoms with Gasteiger partial charge < -0.3 is 14.2 Å². The van der Waals surface area contributed by atoms with Crippen LogP contribution in [0.2, 0.25) is 0 Å². The maximum atomic E-state index is 11.2. The number of aryl methyl sites for hydroxylation is 1. The van der Waals surface area contributed by atoms with Crippen LogP contribution in [0.15, 0.2) is 6.20 Å². The van der Waals surface area contributed by atoms with E-state index >= 15 is 0 Å². The molecular formula is C9H12Cl2N2O4. The molecule has 0 aliphatic carbocycles. The molecule has 17 heavy (non-hydrogen) atoms. The number of carbonyl (C=O) groups excluding carboxylic acids is 1. The van der Waals surface area contributed by atoms with Crippen molar-refractivity contribution in [2.45, 2.75) is 4.84 Å². The first kappa shape index (κ1) is 14.1. The summed E-state index contributed by atoms with van der Waals surface area (Å²) in [6.07, 6.45) is 0.621. The summed E-state index contributed by atoms with van der Waals surface area (Å²) in [5, 5.41) is 3.95. The lowest BCUT2D eigenvalue weighted by atomic mass is 10.4. The van der Waals surface area contributed by atoms with E-state index in [0.29, 0.717) is 6.61 Å². The molecule has 96 valence electrons. The summed E-state index contributed by atoms with van der Waals surface area (Å²) in [4.78, 5) is 10.4. The summed E-state index contributed by atoms with van der Waals surface area (Å²) in [7, 11) is 3.16. The summed E-state index contributed by atoms with van der Waals surface area (Å²) >= 11 is 11.3. The van der Waals surface area contributed by atoms with Crippen LogP contribution in [0.4, 0.5) is 4.79 Å². The van der Waals surface area contributed by atoms with Gasteiger partial charge in [0.25, 0.3) is 0 Å². The third-order valence-corrected chi connectivity index (χ3v) is 2.14. The molecule has 0 aromatic carbocycles. The zero-order chi connectivity index (χ0) is 12.8. The summed E-state index contributed by atoms with van der Waals surface area (Å²) in [6, 6.07) is 0. The zero-order valence-corrected chi connectivity index (χ0v) is 10.9. The van der Waals surface area contributed by atoms with Crippen LogP contribution >= 0.6 is 23.2 Å². The summed E-state index contributed by atoms with van der Waals surface area (Å²) in [5.41, 5.74) is 0.263. The fourth-order valence-corrected chi connectivity index (χ4v) is 1.34. The highest BCUT2D eigenvalue weighted by molar-refractivity contribution is 6.44. The highest BCUT2D eigenvalue weighted by atomic mass is 35.5. The lowest BCUT2D eigenvalue weighted by molar-refractivity contribution is 0.0683. The van der Waals surface area contributed by atoms with E-state index in [9.17, 15) is 4.79 Å². The van der Waals surface area contributed by atoms with Crippen molar-refractivity contribution in [3.8, 4) is 5.75 Å². The molecule has 0 N–H and O–H groups in total. The zero-order valence-electron chi connectivity index (χ0n) is 9.35. The minimum atomic E-state index is -0.877. The molecule has 1 heterocycles. The van der Waals surface area contributed by atoms with Gasteiger partial charge in [0.2, 0.25) is 0 Å². The van der Waals surface area contributed by atoms with Crippen LogP contribution in [0.25, 0.3) is 0 Å². The first-order valence-corrected chi connectivity index (χ1v) is 5.57. The number of ether oxygens (including phenoxy) is 3. The molecule has 0 saturated heterocycles. The van der Waals surface area contributed by atoms with E-state index in [-0.39, 0.29) is 18.1 Å². The Hall–Kier alpha value is -0.980. The average Bonchev–Trinajstić information content (AvgIpc) is 2.60. The van der Waals surface area contributed by atoms with Gasteiger partial charge in [0.05, 0.1) is 12.8 Å². The van der Waals surface area contributed by atoms with Gasteiger partial charge in [-0.15, -0.1) is 0 Å². The normalized spacial score (nSPS) is 10.6. The Morgan fingerprint density at radius 1 is 1.53 bits per heavy atom. The number of hydrogen-bond donors (Lipinski definition) is 0. The van der Waals surface area contributed by atoms with Gasteiger partial charge in [-0.25, -0.2) is 4.79 Å². The number of methoxy groups -OCH3 is 1. The van der Waals surface area contributed by atoms with Gasteiger partial charge in [-0.3, -0.25) is 4.68 Å². The second-order valence-corrected chi connectivity index (χ2v) is 4.14. The Morgan fingerprint density at radius 2 is 2.24 bits per heavy atom. The van der Waals surface area contributed by atoms with Crippen LogP contribution in [0, 0.1) is 0 Å². The molecule has 1 aromatic heterocycles. The van der Waals surface area contributed by atoms with E-state index in [1.165, 1.54) is 18.0 Å². The molecule has 8 heteroatoms. The molecule has 0 bridgehead atoms. The van der Waals surface area contributed by atoms with E-state index in [4.69, 9.17) is 37.4 Å². The monoisotopic (exact) mass is 282 g/mol. The number of alkyl halides is 2. The third-order valence-electron chi connectivity index (χ3n) is 1.73. The molecular weight excluding hydrogens is 271 g/mol. The van der Waals surface area contributed by atoms with Crippen molar-refractivity contribution in [2.24, 2.45) is 7.05 Å². The Morgan fingerprint density at radius 3 is 2.82 bits per heavy atom. The van der Waals surface area contributed by atoms with Crippen LogP contribution in [-0.4, -0.2) is 36.3 Å². The van der Waals surface area contributed by atoms with Crippen LogP contribution in [0.1, 0.15) is 10.5 Å². The van der Waals surface area contributed by atoms with Crippen molar-refractivity contribution < 1.29 is 19.0 Å².